The van der Waals surface area contributed by atoms with Crippen LogP contribution in [0.5, 0.6) is 0 Å². The summed E-state index contributed by atoms with van der Waals surface area (Å²) in [6.45, 7) is 1.83. The van der Waals surface area contributed by atoms with Gasteiger partial charge >= 0.3 is 0 Å². The third-order valence-electron chi connectivity index (χ3n) is 3.36. The SMILES string of the molecule is CC(NC1CCS(=O)(=O)CC1)C(=O)NC1CC1. The molecule has 1 aliphatic heterocycles. The van der Waals surface area contributed by atoms with Crippen LogP contribution in [-0.2, 0) is 14.6 Å². The Hall–Kier alpha value is -0.620. The van der Waals surface area contributed by atoms with Crippen molar-refractivity contribution < 1.29 is 13.2 Å². The Morgan fingerprint density at radius 3 is 2.24 bits per heavy atom. The van der Waals surface area contributed by atoms with E-state index < -0.39 is 9.84 Å². The molecule has 0 radical (unpaired) electrons. The van der Waals surface area contributed by atoms with E-state index in [9.17, 15) is 13.2 Å². The van der Waals surface area contributed by atoms with Crippen molar-refractivity contribution >= 4 is 15.7 Å². The minimum atomic E-state index is -2.82. The van der Waals surface area contributed by atoms with Crippen molar-refractivity contribution in [3.05, 3.63) is 0 Å². The maximum atomic E-state index is 11.7. The summed E-state index contributed by atoms with van der Waals surface area (Å²) in [6, 6.07) is 0.290. The normalized spacial score (nSPS) is 26.4. The number of sulfone groups is 1. The Morgan fingerprint density at radius 1 is 1.12 bits per heavy atom. The Labute approximate surface area is 102 Å². The van der Waals surface area contributed by atoms with Gasteiger partial charge in [-0.25, -0.2) is 8.42 Å². The molecule has 0 aromatic carbocycles. The van der Waals surface area contributed by atoms with Crippen molar-refractivity contribution in [2.45, 2.75) is 50.7 Å². The molecule has 2 N–H and O–H groups in total. The molecule has 1 heterocycles. The molecule has 2 fully saturated rings. The average molecular weight is 260 g/mol. The molecule has 2 aliphatic rings. The zero-order valence-electron chi connectivity index (χ0n) is 10.1. The molecular formula is C11H20N2O3S. The molecule has 1 unspecified atom stereocenters. The fourth-order valence-corrected chi connectivity index (χ4v) is 3.53. The Bertz CT molecular complexity index is 376. The van der Waals surface area contributed by atoms with Crippen molar-refractivity contribution in [2.75, 3.05) is 11.5 Å². The lowest BCUT2D eigenvalue weighted by Gasteiger charge is -2.26. The minimum Gasteiger partial charge on any atom is -0.352 e. The van der Waals surface area contributed by atoms with Gasteiger partial charge in [0.25, 0.3) is 0 Å². The highest BCUT2D eigenvalue weighted by atomic mass is 32.2. The number of nitrogens with one attached hydrogen (secondary N) is 2. The maximum absolute atomic E-state index is 11.7. The van der Waals surface area contributed by atoms with Crippen molar-refractivity contribution in [3.8, 4) is 0 Å². The summed E-state index contributed by atoms with van der Waals surface area (Å²) >= 11 is 0. The van der Waals surface area contributed by atoms with Crippen LogP contribution in [0.3, 0.4) is 0 Å². The first-order valence-corrected chi connectivity index (χ1v) is 8.05. The van der Waals surface area contributed by atoms with E-state index >= 15 is 0 Å². The Balaban J connectivity index is 1.74. The zero-order chi connectivity index (χ0) is 12.5. The lowest BCUT2D eigenvalue weighted by Crippen LogP contribution is -2.49. The van der Waals surface area contributed by atoms with E-state index in [1.165, 1.54) is 0 Å². The second-order valence-electron chi connectivity index (χ2n) is 5.10. The van der Waals surface area contributed by atoms with Gasteiger partial charge in [-0.1, -0.05) is 0 Å². The van der Waals surface area contributed by atoms with Gasteiger partial charge in [0.2, 0.25) is 5.91 Å². The minimum absolute atomic E-state index is 0.0286. The topological polar surface area (TPSA) is 75.3 Å². The predicted octanol–water partition coefficient (Wildman–Crippen LogP) is -0.180. The van der Waals surface area contributed by atoms with Gasteiger partial charge in [0.1, 0.15) is 9.84 Å². The third kappa shape index (κ3) is 3.96. The lowest BCUT2D eigenvalue weighted by atomic mass is 10.1. The van der Waals surface area contributed by atoms with E-state index in [0.717, 1.165) is 12.8 Å². The Kier molecular flexibility index (Phi) is 3.73. The van der Waals surface area contributed by atoms with Crippen molar-refractivity contribution in [1.82, 2.24) is 10.6 Å². The number of hydrogen-bond donors (Lipinski definition) is 2. The largest absolute Gasteiger partial charge is 0.352 e. The third-order valence-corrected chi connectivity index (χ3v) is 5.07. The van der Waals surface area contributed by atoms with Crippen LogP contribution in [0.4, 0.5) is 0 Å². The monoisotopic (exact) mass is 260 g/mol. The summed E-state index contributed by atoms with van der Waals surface area (Å²) in [4.78, 5) is 11.7. The number of hydrogen-bond acceptors (Lipinski definition) is 4. The smallest absolute Gasteiger partial charge is 0.237 e. The molecule has 17 heavy (non-hydrogen) atoms. The first-order chi connectivity index (χ1) is 7.96. The van der Waals surface area contributed by atoms with Gasteiger partial charge in [0.05, 0.1) is 17.5 Å². The van der Waals surface area contributed by atoms with Crippen LogP contribution in [0.2, 0.25) is 0 Å². The summed E-state index contributed by atoms with van der Waals surface area (Å²) in [7, 11) is -2.82. The van der Waals surface area contributed by atoms with Gasteiger partial charge in [0.15, 0.2) is 0 Å². The Morgan fingerprint density at radius 2 is 1.71 bits per heavy atom. The highest BCUT2D eigenvalue weighted by molar-refractivity contribution is 7.91. The molecule has 5 nitrogen and oxygen atoms in total. The molecule has 1 saturated heterocycles. The molecule has 1 amide bonds. The van der Waals surface area contributed by atoms with Crippen LogP contribution >= 0.6 is 0 Å². The van der Waals surface area contributed by atoms with E-state index in [0.29, 0.717) is 18.9 Å². The van der Waals surface area contributed by atoms with Gasteiger partial charge < -0.3 is 10.6 Å². The molecule has 1 saturated carbocycles. The molecule has 0 bridgehead atoms. The summed E-state index contributed by atoms with van der Waals surface area (Å²) in [6.07, 6.45) is 3.40. The number of carbonyl (C=O) groups is 1. The van der Waals surface area contributed by atoms with Crippen molar-refractivity contribution in [1.29, 1.82) is 0 Å². The fraction of sp³-hybridized carbons (Fsp3) is 0.909. The lowest BCUT2D eigenvalue weighted by molar-refractivity contribution is -0.123. The summed E-state index contributed by atoms with van der Waals surface area (Å²) < 4.78 is 22.5. The van der Waals surface area contributed by atoms with E-state index in [4.69, 9.17) is 0 Å². The van der Waals surface area contributed by atoms with E-state index in [1.54, 1.807) is 0 Å². The summed E-state index contributed by atoms with van der Waals surface area (Å²) in [5.41, 5.74) is 0. The molecular weight excluding hydrogens is 240 g/mol. The fourth-order valence-electron chi connectivity index (χ4n) is 2.04. The van der Waals surface area contributed by atoms with Gasteiger partial charge in [-0.2, -0.15) is 0 Å². The first-order valence-electron chi connectivity index (χ1n) is 6.23. The first kappa shape index (κ1) is 12.8. The summed E-state index contributed by atoms with van der Waals surface area (Å²) in [5.74, 6) is 0.504. The molecule has 2 rings (SSSR count). The molecule has 0 aromatic rings. The van der Waals surface area contributed by atoms with Crippen LogP contribution in [0.25, 0.3) is 0 Å². The van der Waals surface area contributed by atoms with E-state index in [-0.39, 0.29) is 29.5 Å². The van der Waals surface area contributed by atoms with Gasteiger partial charge in [-0.05, 0) is 32.6 Å². The standard InChI is InChI=1S/C11H20N2O3S/c1-8(11(14)13-9-2-3-9)12-10-4-6-17(15,16)7-5-10/h8-10,12H,2-7H2,1H3,(H,13,14). The van der Waals surface area contributed by atoms with Crippen molar-refractivity contribution in [2.24, 2.45) is 0 Å². The van der Waals surface area contributed by atoms with Gasteiger partial charge in [0, 0.05) is 12.1 Å². The highest BCUT2D eigenvalue weighted by Crippen LogP contribution is 2.19. The number of amides is 1. The molecule has 0 spiro atoms. The molecule has 98 valence electrons. The zero-order valence-corrected chi connectivity index (χ0v) is 10.9. The van der Waals surface area contributed by atoms with Crippen LogP contribution in [-0.4, -0.2) is 44.0 Å². The predicted molar refractivity (Wildman–Crippen MR) is 65.4 cm³/mol. The quantitative estimate of drug-likeness (QED) is 0.735. The molecule has 0 aromatic heterocycles. The number of rotatable bonds is 4. The average Bonchev–Trinajstić information content (AvgIpc) is 3.05. The van der Waals surface area contributed by atoms with E-state index in [1.807, 2.05) is 6.92 Å². The second-order valence-corrected chi connectivity index (χ2v) is 7.40. The van der Waals surface area contributed by atoms with Crippen LogP contribution in [0.15, 0.2) is 0 Å². The highest BCUT2D eigenvalue weighted by Gasteiger charge is 2.28. The van der Waals surface area contributed by atoms with Crippen molar-refractivity contribution in [3.63, 3.8) is 0 Å². The molecule has 6 heteroatoms. The maximum Gasteiger partial charge on any atom is 0.237 e. The van der Waals surface area contributed by atoms with Gasteiger partial charge in [-0.3, -0.25) is 4.79 Å². The number of carbonyl (C=O) groups excluding carboxylic acids is 1. The second kappa shape index (κ2) is 4.94. The molecule has 1 atom stereocenters. The van der Waals surface area contributed by atoms with Crippen LogP contribution in [0.1, 0.15) is 32.6 Å². The van der Waals surface area contributed by atoms with Crippen LogP contribution in [0, 0.1) is 0 Å². The van der Waals surface area contributed by atoms with Gasteiger partial charge in [-0.15, -0.1) is 0 Å². The summed E-state index contributed by atoms with van der Waals surface area (Å²) in [5, 5.41) is 6.15. The van der Waals surface area contributed by atoms with E-state index in [2.05, 4.69) is 10.6 Å². The van der Waals surface area contributed by atoms with Crippen LogP contribution < -0.4 is 10.6 Å². The molecule has 1 aliphatic carbocycles.